The second-order valence-electron chi connectivity index (χ2n) is 6.69. The van der Waals surface area contributed by atoms with Crippen LogP contribution in [0.25, 0.3) is 0 Å². The third-order valence-electron chi connectivity index (χ3n) is 5.26. The molecule has 3 N–H and O–H groups in total. The molecule has 1 amide bonds. The summed E-state index contributed by atoms with van der Waals surface area (Å²) in [6, 6.07) is 0.0793. The van der Waals surface area contributed by atoms with Crippen molar-refractivity contribution in [3.05, 3.63) is 0 Å². The molecule has 0 radical (unpaired) electrons. The summed E-state index contributed by atoms with van der Waals surface area (Å²) in [6.07, 6.45) is 2.63. The lowest BCUT2D eigenvalue weighted by Gasteiger charge is -2.43. The number of hydrogen-bond acceptors (Lipinski definition) is 6. The first-order valence-electron chi connectivity index (χ1n) is 8.58. The van der Waals surface area contributed by atoms with Crippen LogP contribution in [0.15, 0.2) is 0 Å². The molecule has 4 unspecified atom stereocenters. The summed E-state index contributed by atoms with van der Waals surface area (Å²) in [5.41, 5.74) is 5.53. The van der Waals surface area contributed by atoms with E-state index < -0.39 is 5.38 Å². The minimum Gasteiger partial charge on any atom is -0.366 e. The van der Waals surface area contributed by atoms with Crippen molar-refractivity contribution in [1.82, 2.24) is 26.0 Å². The smallest absolute Gasteiger partial charge is 0.253 e. The monoisotopic (exact) mass is 345 g/mol. The van der Waals surface area contributed by atoms with Crippen LogP contribution in [-0.4, -0.2) is 86.3 Å². The van der Waals surface area contributed by atoms with Crippen molar-refractivity contribution in [3.8, 4) is 0 Å². The maximum Gasteiger partial charge on any atom is 0.253 e. The number of amides is 1. The maximum absolute atomic E-state index is 11.7. The Morgan fingerprint density at radius 2 is 2.09 bits per heavy atom. The zero-order valence-electron chi connectivity index (χ0n) is 13.8. The van der Waals surface area contributed by atoms with Crippen LogP contribution in [0.1, 0.15) is 12.8 Å². The van der Waals surface area contributed by atoms with Gasteiger partial charge in [0.15, 0.2) is 0 Å². The van der Waals surface area contributed by atoms with Crippen LogP contribution in [0.2, 0.25) is 0 Å². The minimum atomic E-state index is -0.469. The fraction of sp³-hybridized carbons (Fsp3) is 0.933. The van der Waals surface area contributed by atoms with E-state index in [1.165, 1.54) is 12.8 Å². The lowest BCUT2D eigenvalue weighted by atomic mass is 9.96. The van der Waals surface area contributed by atoms with Crippen molar-refractivity contribution in [2.24, 2.45) is 5.92 Å². The van der Waals surface area contributed by atoms with Crippen LogP contribution in [0, 0.1) is 5.92 Å². The number of piperazine rings is 1. The number of hydrazine groups is 1. The quantitative estimate of drug-likeness (QED) is 0.579. The van der Waals surface area contributed by atoms with Crippen molar-refractivity contribution >= 4 is 17.5 Å². The summed E-state index contributed by atoms with van der Waals surface area (Å²) in [7, 11) is 1.79. The molecule has 3 heterocycles. The number of methoxy groups -OCH3 is 1. The summed E-state index contributed by atoms with van der Waals surface area (Å²) in [5.74, 6) is 0.435. The summed E-state index contributed by atoms with van der Waals surface area (Å²) < 4.78 is 5.57. The number of alkyl halides is 1. The molecule has 7 nitrogen and oxygen atoms in total. The summed E-state index contributed by atoms with van der Waals surface area (Å²) in [6.45, 7) is 6.80. The van der Waals surface area contributed by atoms with Gasteiger partial charge in [0.2, 0.25) is 0 Å². The van der Waals surface area contributed by atoms with E-state index in [0.717, 1.165) is 39.3 Å². The standard InChI is InChI=1S/C15H28ClN5O2/c1-23-15-11(3-2-4-17-15)10-20-5-7-21(8-6-20)12-9-18-19-14(22)13(12)16/h11-13,15,17-18H,2-10H2,1H3,(H,19,22). The van der Waals surface area contributed by atoms with E-state index in [0.29, 0.717) is 12.5 Å². The van der Waals surface area contributed by atoms with E-state index in [1.54, 1.807) is 7.11 Å². The zero-order valence-corrected chi connectivity index (χ0v) is 14.5. The van der Waals surface area contributed by atoms with Gasteiger partial charge in [-0.15, -0.1) is 11.6 Å². The van der Waals surface area contributed by atoms with Gasteiger partial charge in [0, 0.05) is 58.3 Å². The van der Waals surface area contributed by atoms with Crippen molar-refractivity contribution in [2.45, 2.75) is 30.5 Å². The normalized spacial score (nSPS) is 37.6. The lowest BCUT2D eigenvalue weighted by Crippen LogP contribution is -2.64. The van der Waals surface area contributed by atoms with E-state index in [-0.39, 0.29) is 18.2 Å². The Balaban J connectivity index is 1.47. The fourth-order valence-corrected chi connectivity index (χ4v) is 4.21. The molecular formula is C15H28ClN5O2. The van der Waals surface area contributed by atoms with Gasteiger partial charge >= 0.3 is 0 Å². The second-order valence-corrected chi connectivity index (χ2v) is 7.16. The van der Waals surface area contributed by atoms with Gasteiger partial charge in [-0.05, 0) is 19.4 Å². The maximum atomic E-state index is 11.7. The van der Waals surface area contributed by atoms with E-state index >= 15 is 0 Å². The van der Waals surface area contributed by atoms with E-state index in [2.05, 4.69) is 26.0 Å². The van der Waals surface area contributed by atoms with Crippen molar-refractivity contribution in [3.63, 3.8) is 0 Å². The fourth-order valence-electron chi connectivity index (χ4n) is 3.90. The van der Waals surface area contributed by atoms with Crippen LogP contribution in [0.4, 0.5) is 0 Å². The molecule has 0 aromatic heterocycles. The third kappa shape index (κ3) is 4.15. The first-order chi connectivity index (χ1) is 11.2. The molecule has 3 fully saturated rings. The Hall–Kier alpha value is -0.440. The third-order valence-corrected chi connectivity index (χ3v) is 5.75. The Morgan fingerprint density at radius 3 is 2.83 bits per heavy atom. The molecule has 3 rings (SSSR count). The van der Waals surface area contributed by atoms with Crippen LogP contribution < -0.4 is 16.2 Å². The van der Waals surface area contributed by atoms with Gasteiger partial charge in [0.1, 0.15) is 11.6 Å². The highest BCUT2D eigenvalue weighted by molar-refractivity contribution is 6.31. The number of carbonyl (C=O) groups excluding carboxylic acids is 1. The Morgan fingerprint density at radius 1 is 1.30 bits per heavy atom. The number of hydrogen-bond donors (Lipinski definition) is 3. The first kappa shape index (κ1) is 17.4. The van der Waals surface area contributed by atoms with E-state index in [9.17, 15) is 4.79 Å². The molecule has 0 spiro atoms. The van der Waals surface area contributed by atoms with Gasteiger partial charge in [0.05, 0.1) is 0 Å². The van der Waals surface area contributed by atoms with E-state index in [4.69, 9.17) is 16.3 Å². The molecule has 3 aliphatic rings. The summed E-state index contributed by atoms with van der Waals surface area (Å²) in [4.78, 5) is 16.5. The second kappa shape index (κ2) is 8.09. The molecule has 0 aromatic rings. The number of halogens is 1. The van der Waals surface area contributed by atoms with Crippen molar-refractivity contribution in [2.75, 3.05) is 52.9 Å². The summed E-state index contributed by atoms with van der Waals surface area (Å²) in [5, 5.41) is 2.98. The average Bonchev–Trinajstić information content (AvgIpc) is 2.59. The van der Waals surface area contributed by atoms with Gasteiger partial charge in [-0.1, -0.05) is 0 Å². The van der Waals surface area contributed by atoms with Crippen LogP contribution in [0.5, 0.6) is 0 Å². The number of nitrogens with one attached hydrogen (secondary N) is 3. The Kier molecular flexibility index (Phi) is 6.12. The average molecular weight is 346 g/mol. The number of nitrogens with zero attached hydrogens (tertiary/aromatic N) is 2. The SMILES string of the molecule is COC1NCCCC1CN1CCN(C2CNNC(=O)C2Cl)CC1. The topological polar surface area (TPSA) is 68.9 Å². The highest BCUT2D eigenvalue weighted by Crippen LogP contribution is 2.21. The van der Waals surface area contributed by atoms with Gasteiger partial charge < -0.3 is 9.64 Å². The molecule has 0 bridgehead atoms. The molecule has 23 heavy (non-hydrogen) atoms. The van der Waals surface area contributed by atoms with Gasteiger partial charge in [-0.3, -0.25) is 20.4 Å². The summed E-state index contributed by atoms with van der Waals surface area (Å²) >= 11 is 6.26. The lowest BCUT2D eigenvalue weighted by molar-refractivity contribution is -0.125. The molecule has 0 aromatic carbocycles. The first-order valence-corrected chi connectivity index (χ1v) is 9.02. The van der Waals surface area contributed by atoms with E-state index in [1.807, 2.05) is 0 Å². The van der Waals surface area contributed by atoms with Crippen LogP contribution in [0.3, 0.4) is 0 Å². The molecule has 4 atom stereocenters. The predicted octanol–water partition coefficient (Wildman–Crippen LogP) is -0.813. The van der Waals surface area contributed by atoms with Gasteiger partial charge in [0.25, 0.3) is 5.91 Å². The van der Waals surface area contributed by atoms with Gasteiger partial charge in [-0.2, -0.15) is 0 Å². The predicted molar refractivity (Wildman–Crippen MR) is 89.1 cm³/mol. The van der Waals surface area contributed by atoms with Crippen LogP contribution >= 0.6 is 11.6 Å². The number of ether oxygens (including phenoxy) is 1. The molecular weight excluding hydrogens is 318 g/mol. The van der Waals surface area contributed by atoms with Crippen molar-refractivity contribution < 1.29 is 9.53 Å². The highest BCUT2D eigenvalue weighted by Gasteiger charge is 2.36. The minimum absolute atomic E-state index is 0.0793. The van der Waals surface area contributed by atoms with Gasteiger partial charge in [-0.25, -0.2) is 5.43 Å². The number of piperidine rings is 1. The van der Waals surface area contributed by atoms with Crippen molar-refractivity contribution in [1.29, 1.82) is 0 Å². The molecule has 3 saturated heterocycles. The largest absolute Gasteiger partial charge is 0.366 e. The number of carbonyl (C=O) groups is 1. The molecule has 0 aliphatic carbocycles. The molecule has 0 saturated carbocycles. The number of rotatable bonds is 4. The molecule has 3 aliphatic heterocycles. The highest BCUT2D eigenvalue weighted by atomic mass is 35.5. The Labute approximate surface area is 143 Å². The zero-order chi connectivity index (χ0) is 16.2. The molecule has 8 heteroatoms. The van der Waals surface area contributed by atoms with Crippen LogP contribution in [-0.2, 0) is 9.53 Å². The Bertz CT molecular complexity index is 405. The molecule has 132 valence electrons.